The lowest BCUT2D eigenvalue weighted by atomic mass is 10.2. The molecule has 0 atom stereocenters. The molecule has 0 saturated carbocycles. The van der Waals surface area contributed by atoms with Crippen LogP contribution in [0.3, 0.4) is 0 Å². The molecule has 8 heteroatoms. The fourth-order valence-corrected chi connectivity index (χ4v) is 4.78. The van der Waals surface area contributed by atoms with Crippen LogP contribution < -0.4 is 0 Å². The van der Waals surface area contributed by atoms with E-state index in [1.807, 2.05) is 47.3 Å². The van der Waals surface area contributed by atoms with Gasteiger partial charge in [-0.3, -0.25) is 4.68 Å². The molecule has 3 heterocycles. The maximum Gasteiger partial charge on any atom is 0.348 e. The Hall–Kier alpha value is -2.22. The molecule has 0 spiro atoms. The maximum absolute atomic E-state index is 12.5. The van der Waals surface area contributed by atoms with Gasteiger partial charge in [-0.2, -0.15) is 5.10 Å². The zero-order valence-corrected chi connectivity index (χ0v) is 17.8. The molecule has 0 aliphatic carbocycles. The zero-order chi connectivity index (χ0) is 19.7. The van der Waals surface area contributed by atoms with Crippen molar-refractivity contribution in [1.29, 1.82) is 0 Å². The van der Waals surface area contributed by atoms with Gasteiger partial charge in [0.1, 0.15) is 16.3 Å². The number of esters is 1. The minimum Gasteiger partial charge on any atom is -0.455 e. The van der Waals surface area contributed by atoms with Crippen LogP contribution in [0.1, 0.15) is 38.6 Å². The molecule has 4 rings (SSSR count). The Morgan fingerprint density at radius 2 is 2.07 bits per heavy atom. The van der Waals surface area contributed by atoms with Gasteiger partial charge in [0, 0.05) is 15.8 Å². The fourth-order valence-electron chi connectivity index (χ4n) is 2.87. The van der Waals surface area contributed by atoms with Gasteiger partial charge in [-0.05, 0) is 37.1 Å². The Morgan fingerprint density at radius 3 is 2.79 bits per heavy atom. The van der Waals surface area contributed by atoms with Crippen molar-refractivity contribution in [1.82, 2.24) is 14.8 Å². The van der Waals surface area contributed by atoms with E-state index in [4.69, 9.17) is 16.3 Å². The lowest BCUT2D eigenvalue weighted by Gasteiger charge is -2.03. The highest BCUT2D eigenvalue weighted by Crippen LogP contribution is 2.29. The van der Waals surface area contributed by atoms with Crippen molar-refractivity contribution in [3.63, 3.8) is 0 Å². The molecule has 0 fully saturated rings. The molecule has 1 aromatic carbocycles. The second kappa shape index (κ2) is 8.03. The summed E-state index contributed by atoms with van der Waals surface area (Å²) in [6.45, 7) is 4.82. The van der Waals surface area contributed by atoms with Crippen molar-refractivity contribution in [3.8, 4) is 0 Å². The van der Waals surface area contributed by atoms with E-state index in [-0.39, 0.29) is 12.6 Å². The van der Waals surface area contributed by atoms with Crippen LogP contribution >= 0.6 is 34.3 Å². The maximum atomic E-state index is 12.5. The summed E-state index contributed by atoms with van der Waals surface area (Å²) in [5, 5.41) is 9.28. The third kappa shape index (κ3) is 3.97. The van der Waals surface area contributed by atoms with E-state index in [1.165, 1.54) is 11.3 Å². The highest BCUT2D eigenvalue weighted by atomic mass is 35.5. The molecule has 0 aliphatic heterocycles. The van der Waals surface area contributed by atoms with Crippen LogP contribution in [0.15, 0.2) is 35.7 Å². The van der Waals surface area contributed by atoms with E-state index in [9.17, 15) is 4.79 Å². The number of thiazole rings is 1. The topological polar surface area (TPSA) is 57.0 Å². The minimum absolute atomic E-state index is 0.194. The second-order valence-electron chi connectivity index (χ2n) is 6.36. The van der Waals surface area contributed by atoms with Crippen molar-refractivity contribution in [3.05, 3.63) is 67.6 Å². The summed E-state index contributed by atoms with van der Waals surface area (Å²) < 4.78 is 7.37. The van der Waals surface area contributed by atoms with Gasteiger partial charge in [-0.25, -0.2) is 9.78 Å². The fraction of sp³-hybridized carbons (Fsp3) is 0.250. The van der Waals surface area contributed by atoms with Crippen molar-refractivity contribution < 1.29 is 9.53 Å². The number of carbonyl (C=O) groups excluding carboxylic acids is 1. The highest BCUT2D eigenvalue weighted by Gasteiger charge is 2.18. The van der Waals surface area contributed by atoms with Gasteiger partial charge < -0.3 is 4.74 Å². The number of hydrogen-bond acceptors (Lipinski definition) is 6. The van der Waals surface area contributed by atoms with Crippen LogP contribution in [0.2, 0.25) is 5.02 Å². The number of halogens is 1. The molecule has 0 N–H and O–H groups in total. The zero-order valence-electron chi connectivity index (χ0n) is 15.4. The predicted molar refractivity (Wildman–Crippen MR) is 114 cm³/mol. The molecule has 0 aliphatic rings. The standard InChI is InChI=1S/C20H18ClN3O2S2/c1-3-18-22-15(11-27-18)10-26-20(25)17-8-16-12(2)23-24(19(16)28-17)9-13-4-6-14(21)7-5-13/h4-8,11H,3,9-10H2,1-2H3. The Kier molecular flexibility index (Phi) is 5.48. The number of carbonyl (C=O) groups is 1. The van der Waals surface area contributed by atoms with Gasteiger partial charge in [0.25, 0.3) is 0 Å². The van der Waals surface area contributed by atoms with Gasteiger partial charge in [0.05, 0.1) is 22.9 Å². The number of thiophene rings is 1. The first kappa shape index (κ1) is 19.1. The first-order chi connectivity index (χ1) is 13.5. The number of hydrogen-bond donors (Lipinski definition) is 0. The third-order valence-corrected chi connectivity index (χ3v) is 6.73. The Morgan fingerprint density at radius 1 is 1.29 bits per heavy atom. The molecule has 144 valence electrons. The summed E-state index contributed by atoms with van der Waals surface area (Å²) in [4.78, 5) is 18.5. The highest BCUT2D eigenvalue weighted by molar-refractivity contribution is 7.20. The van der Waals surface area contributed by atoms with E-state index in [1.54, 1.807) is 11.3 Å². The minimum atomic E-state index is -0.329. The number of nitrogens with zero attached hydrogens (tertiary/aromatic N) is 3. The van der Waals surface area contributed by atoms with Crippen LogP contribution in [0.25, 0.3) is 10.2 Å². The lowest BCUT2D eigenvalue weighted by molar-refractivity contribution is 0.0474. The van der Waals surface area contributed by atoms with Gasteiger partial charge in [-0.1, -0.05) is 30.7 Å². The van der Waals surface area contributed by atoms with E-state index in [0.29, 0.717) is 16.4 Å². The first-order valence-corrected chi connectivity index (χ1v) is 10.9. The molecular weight excluding hydrogens is 414 g/mol. The van der Waals surface area contributed by atoms with E-state index >= 15 is 0 Å². The predicted octanol–water partition coefficient (Wildman–Crippen LogP) is 5.48. The van der Waals surface area contributed by atoms with Crippen molar-refractivity contribution >= 4 is 50.5 Å². The lowest BCUT2D eigenvalue weighted by Crippen LogP contribution is -2.04. The summed E-state index contributed by atoms with van der Waals surface area (Å²) in [5.41, 5.74) is 2.79. The number of fused-ring (bicyclic) bond motifs is 1. The van der Waals surface area contributed by atoms with Crippen molar-refractivity contribution in [2.45, 2.75) is 33.4 Å². The molecular formula is C20H18ClN3O2S2. The number of benzene rings is 1. The number of aryl methyl sites for hydroxylation is 2. The molecule has 0 bridgehead atoms. The molecule has 0 saturated heterocycles. The molecule has 4 aromatic rings. The van der Waals surface area contributed by atoms with Gasteiger partial charge in [0.15, 0.2) is 0 Å². The van der Waals surface area contributed by atoms with Crippen LogP contribution in [0.4, 0.5) is 0 Å². The van der Waals surface area contributed by atoms with Gasteiger partial charge >= 0.3 is 5.97 Å². The Balaban J connectivity index is 1.52. The second-order valence-corrected chi connectivity index (χ2v) is 8.77. The van der Waals surface area contributed by atoms with Crippen LogP contribution in [0.5, 0.6) is 0 Å². The molecule has 5 nitrogen and oxygen atoms in total. The van der Waals surface area contributed by atoms with Crippen LogP contribution in [0, 0.1) is 6.92 Å². The number of rotatable bonds is 6. The van der Waals surface area contributed by atoms with E-state index < -0.39 is 0 Å². The Labute approximate surface area is 175 Å². The number of ether oxygens (including phenoxy) is 1. The van der Waals surface area contributed by atoms with Gasteiger partial charge in [0.2, 0.25) is 0 Å². The van der Waals surface area contributed by atoms with Gasteiger partial charge in [-0.15, -0.1) is 22.7 Å². The van der Waals surface area contributed by atoms with Crippen LogP contribution in [-0.4, -0.2) is 20.7 Å². The molecule has 0 unspecified atom stereocenters. The van der Waals surface area contributed by atoms with Crippen molar-refractivity contribution in [2.75, 3.05) is 0 Å². The monoisotopic (exact) mass is 431 g/mol. The first-order valence-electron chi connectivity index (χ1n) is 8.85. The van der Waals surface area contributed by atoms with E-state index in [2.05, 4.69) is 17.0 Å². The summed E-state index contributed by atoms with van der Waals surface area (Å²) in [7, 11) is 0. The largest absolute Gasteiger partial charge is 0.455 e. The smallest absolute Gasteiger partial charge is 0.348 e. The summed E-state index contributed by atoms with van der Waals surface area (Å²) >= 11 is 8.95. The number of aromatic nitrogens is 3. The Bertz CT molecular complexity index is 1130. The van der Waals surface area contributed by atoms with Crippen LogP contribution in [-0.2, 0) is 24.3 Å². The molecule has 0 amide bonds. The molecule has 0 radical (unpaired) electrons. The van der Waals surface area contributed by atoms with E-state index in [0.717, 1.165) is 38.6 Å². The van der Waals surface area contributed by atoms with Crippen molar-refractivity contribution in [2.24, 2.45) is 0 Å². The summed E-state index contributed by atoms with van der Waals surface area (Å²) in [5.74, 6) is -0.329. The average Bonchev–Trinajstić information content (AvgIpc) is 3.39. The average molecular weight is 432 g/mol. The summed E-state index contributed by atoms with van der Waals surface area (Å²) in [6.07, 6.45) is 0.887. The quantitative estimate of drug-likeness (QED) is 0.379. The normalized spacial score (nSPS) is 11.2. The molecule has 3 aromatic heterocycles. The molecule has 28 heavy (non-hydrogen) atoms. The summed E-state index contributed by atoms with van der Waals surface area (Å²) in [6, 6.07) is 9.55. The third-order valence-electron chi connectivity index (χ3n) is 4.31. The SMILES string of the molecule is CCc1nc(COC(=O)c2cc3c(C)nn(Cc4ccc(Cl)cc4)c3s2)cs1.